The standard InChI is InChI=1S/C18H28N4O/c1-20-12-14-21(15-13-20)17-6-4-16(5-7-17)19-9-8-18(23)22-10-2-3-11-22/h4-7,19H,2-3,8-15H2,1H3. The largest absolute Gasteiger partial charge is 0.385 e. The number of carbonyl (C=O) groups is 1. The highest BCUT2D eigenvalue weighted by molar-refractivity contribution is 5.77. The number of rotatable bonds is 5. The van der Waals surface area contributed by atoms with Crippen LogP contribution in [-0.4, -0.2) is 68.6 Å². The van der Waals surface area contributed by atoms with Crippen molar-refractivity contribution in [2.45, 2.75) is 19.3 Å². The number of likely N-dealkylation sites (tertiary alicyclic amines) is 1. The average Bonchev–Trinajstić information content (AvgIpc) is 3.11. The molecule has 2 aliphatic rings. The van der Waals surface area contributed by atoms with Gasteiger partial charge in [0, 0.05) is 63.6 Å². The van der Waals surface area contributed by atoms with Crippen LogP contribution < -0.4 is 10.2 Å². The molecule has 0 radical (unpaired) electrons. The summed E-state index contributed by atoms with van der Waals surface area (Å²) in [5.74, 6) is 0.282. The summed E-state index contributed by atoms with van der Waals surface area (Å²) in [5.41, 5.74) is 2.38. The van der Waals surface area contributed by atoms with Gasteiger partial charge in [-0.05, 0) is 44.2 Å². The molecule has 0 bridgehead atoms. The second-order valence-electron chi connectivity index (χ2n) is 6.60. The number of anilines is 2. The molecule has 5 heteroatoms. The van der Waals surface area contributed by atoms with E-state index in [2.05, 4.69) is 46.4 Å². The molecule has 0 unspecified atom stereocenters. The number of amides is 1. The van der Waals surface area contributed by atoms with Gasteiger partial charge in [-0.15, -0.1) is 0 Å². The van der Waals surface area contributed by atoms with Gasteiger partial charge in [0.05, 0.1) is 0 Å². The van der Waals surface area contributed by atoms with E-state index in [4.69, 9.17) is 0 Å². The Kier molecular flexibility index (Phi) is 5.39. The van der Waals surface area contributed by atoms with E-state index in [-0.39, 0.29) is 5.91 Å². The Morgan fingerprint density at radius 3 is 2.30 bits per heavy atom. The van der Waals surface area contributed by atoms with Gasteiger partial charge >= 0.3 is 0 Å². The predicted octanol–water partition coefficient (Wildman–Crippen LogP) is 1.86. The average molecular weight is 316 g/mol. The third-order valence-corrected chi connectivity index (χ3v) is 4.86. The molecule has 0 saturated carbocycles. The van der Waals surface area contributed by atoms with Crippen molar-refractivity contribution in [1.82, 2.24) is 9.80 Å². The zero-order valence-corrected chi connectivity index (χ0v) is 14.1. The van der Waals surface area contributed by atoms with Crippen molar-refractivity contribution in [1.29, 1.82) is 0 Å². The van der Waals surface area contributed by atoms with Gasteiger partial charge in [-0.25, -0.2) is 0 Å². The molecule has 2 aliphatic heterocycles. The van der Waals surface area contributed by atoms with E-state index in [0.29, 0.717) is 13.0 Å². The Balaban J connectivity index is 1.43. The number of likely N-dealkylation sites (N-methyl/N-ethyl adjacent to an activating group) is 1. The summed E-state index contributed by atoms with van der Waals surface area (Å²) in [4.78, 5) is 18.8. The van der Waals surface area contributed by atoms with Gasteiger partial charge < -0.3 is 20.0 Å². The van der Waals surface area contributed by atoms with Gasteiger partial charge in [-0.1, -0.05) is 0 Å². The van der Waals surface area contributed by atoms with Crippen molar-refractivity contribution in [2.75, 3.05) is 63.1 Å². The molecule has 1 amide bonds. The monoisotopic (exact) mass is 316 g/mol. The highest BCUT2D eigenvalue weighted by atomic mass is 16.2. The minimum absolute atomic E-state index is 0.282. The quantitative estimate of drug-likeness (QED) is 0.900. The first-order valence-corrected chi connectivity index (χ1v) is 8.77. The summed E-state index contributed by atoms with van der Waals surface area (Å²) in [6.45, 7) is 7.03. The van der Waals surface area contributed by atoms with E-state index >= 15 is 0 Å². The Labute approximate surface area is 139 Å². The lowest BCUT2D eigenvalue weighted by Crippen LogP contribution is -2.44. The molecular weight excluding hydrogens is 288 g/mol. The summed E-state index contributed by atoms with van der Waals surface area (Å²) in [6, 6.07) is 8.59. The fraction of sp³-hybridized carbons (Fsp3) is 0.611. The van der Waals surface area contributed by atoms with Crippen molar-refractivity contribution in [3.8, 4) is 0 Å². The number of hydrogen-bond donors (Lipinski definition) is 1. The van der Waals surface area contributed by atoms with E-state index < -0.39 is 0 Å². The van der Waals surface area contributed by atoms with Crippen molar-refractivity contribution >= 4 is 17.3 Å². The maximum atomic E-state index is 12.0. The number of piperazine rings is 1. The van der Waals surface area contributed by atoms with Crippen molar-refractivity contribution < 1.29 is 4.79 Å². The predicted molar refractivity (Wildman–Crippen MR) is 95.1 cm³/mol. The van der Waals surface area contributed by atoms with Crippen LogP contribution in [-0.2, 0) is 4.79 Å². The molecule has 2 fully saturated rings. The van der Waals surface area contributed by atoms with E-state index in [0.717, 1.165) is 57.8 Å². The number of hydrogen-bond acceptors (Lipinski definition) is 4. The van der Waals surface area contributed by atoms with Crippen LogP contribution in [0.2, 0.25) is 0 Å². The number of nitrogens with one attached hydrogen (secondary N) is 1. The van der Waals surface area contributed by atoms with Gasteiger partial charge in [0.1, 0.15) is 0 Å². The van der Waals surface area contributed by atoms with Gasteiger partial charge in [0.25, 0.3) is 0 Å². The second kappa shape index (κ2) is 7.68. The van der Waals surface area contributed by atoms with Crippen LogP contribution in [0, 0.1) is 0 Å². The molecule has 0 spiro atoms. The molecule has 2 saturated heterocycles. The van der Waals surface area contributed by atoms with E-state index in [1.54, 1.807) is 0 Å². The first-order valence-electron chi connectivity index (χ1n) is 8.77. The molecule has 1 aromatic carbocycles. The molecule has 126 valence electrons. The lowest BCUT2D eigenvalue weighted by atomic mass is 10.2. The van der Waals surface area contributed by atoms with E-state index in [1.165, 1.54) is 5.69 Å². The van der Waals surface area contributed by atoms with Crippen LogP contribution in [0.15, 0.2) is 24.3 Å². The summed E-state index contributed by atoms with van der Waals surface area (Å²) < 4.78 is 0. The molecule has 23 heavy (non-hydrogen) atoms. The Hall–Kier alpha value is -1.75. The maximum absolute atomic E-state index is 12.0. The van der Waals surface area contributed by atoms with Gasteiger partial charge in [0.2, 0.25) is 5.91 Å². The third-order valence-electron chi connectivity index (χ3n) is 4.86. The number of nitrogens with zero attached hydrogens (tertiary/aromatic N) is 3. The zero-order valence-electron chi connectivity index (χ0n) is 14.1. The van der Waals surface area contributed by atoms with Crippen LogP contribution in [0.1, 0.15) is 19.3 Å². The summed E-state index contributed by atoms with van der Waals surface area (Å²) in [5, 5.41) is 3.36. The molecular formula is C18H28N4O. The summed E-state index contributed by atoms with van der Waals surface area (Å²) >= 11 is 0. The molecule has 0 aromatic heterocycles. The minimum Gasteiger partial charge on any atom is -0.385 e. The maximum Gasteiger partial charge on any atom is 0.224 e. The Morgan fingerprint density at radius 2 is 1.65 bits per heavy atom. The highest BCUT2D eigenvalue weighted by Crippen LogP contribution is 2.19. The van der Waals surface area contributed by atoms with Gasteiger partial charge in [0.15, 0.2) is 0 Å². The zero-order chi connectivity index (χ0) is 16.1. The molecule has 0 aliphatic carbocycles. The summed E-state index contributed by atoms with van der Waals surface area (Å²) in [6.07, 6.45) is 2.90. The fourth-order valence-electron chi connectivity index (χ4n) is 3.29. The molecule has 3 rings (SSSR count). The highest BCUT2D eigenvalue weighted by Gasteiger charge is 2.17. The number of benzene rings is 1. The second-order valence-corrected chi connectivity index (χ2v) is 6.60. The van der Waals surface area contributed by atoms with Crippen molar-refractivity contribution in [3.63, 3.8) is 0 Å². The lowest BCUT2D eigenvalue weighted by Gasteiger charge is -2.34. The van der Waals surface area contributed by atoms with Gasteiger partial charge in [-0.2, -0.15) is 0 Å². The molecule has 5 nitrogen and oxygen atoms in total. The van der Waals surface area contributed by atoms with Crippen LogP contribution in [0.25, 0.3) is 0 Å². The van der Waals surface area contributed by atoms with Crippen molar-refractivity contribution in [2.24, 2.45) is 0 Å². The van der Waals surface area contributed by atoms with E-state index in [9.17, 15) is 4.79 Å². The molecule has 1 N–H and O–H groups in total. The van der Waals surface area contributed by atoms with Crippen LogP contribution in [0.3, 0.4) is 0 Å². The Bertz CT molecular complexity index is 502. The van der Waals surface area contributed by atoms with Crippen LogP contribution >= 0.6 is 0 Å². The third kappa shape index (κ3) is 4.38. The van der Waals surface area contributed by atoms with Crippen molar-refractivity contribution in [3.05, 3.63) is 24.3 Å². The SMILES string of the molecule is CN1CCN(c2ccc(NCCC(=O)N3CCCC3)cc2)CC1. The number of carbonyl (C=O) groups excluding carboxylic acids is 1. The molecule has 1 aromatic rings. The van der Waals surface area contributed by atoms with Crippen LogP contribution in [0.5, 0.6) is 0 Å². The first-order chi connectivity index (χ1) is 11.2. The lowest BCUT2D eigenvalue weighted by molar-refractivity contribution is -0.129. The van der Waals surface area contributed by atoms with Gasteiger partial charge in [-0.3, -0.25) is 4.79 Å². The normalized spacial score (nSPS) is 19.2. The first kappa shape index (κ1) is 16.1. The fourth-order valence-corrected chi connectivity index (χ4v) is 3.29. The summed E-state index contributed by atoms with van der Waals surface area (Å²) in [7, 11) is 2.17. The Morgan fingerprint density at radius 1 is 1.00 bits per heavy atom. The van der Waals surface area contributed by atoms with Crippen LogP contribution in [0.4, 0.5) is 11.4 Å². The molecule has 0 atom stereocenters. The molecule has 2 heterocycles. The minimum atomic E-state index is 0.282. The van der Waals surface area contributed by atoms with E-state index in [1.807, 2.05) is 4.90 Å². The topological polar surface area (TPSA) is 38.8 Å². The smallest absolute Gasteiger partial charge is 0.224 e.